The molecule has 1 fully saturated rings. The van der Waals surface area contributed by atoms with Gasteiger partial charge in [0.2, 0.25) is 0 Å². The maximum atomic E-state index is 11.6. The van der Waals surface area contributed by atoms with Crippen LogP contribution in [0.2, 0.25) is 0 Å². The molecule has 0 aromatic carbocycles. The van der Waals surface area contributed by atoms with Gasteiger partial charge in [-0.25, -0.2) is 4.79 Å². The Balaban J connectivity index is 2.42. The van der Waals surface area contributed by atoms with Gasteiger partial charge in [-0.2, -0.15) is 0 Å². The van der Waals surface area contributed by atoms with E-state index in [4.69, 9.17) is 11.5 Å². The Bertz CT molecular complexity index is 322. The van der Waals surface area contributed by atoms with Crippen LogP contribution in [0.1, 0.15) is 19.8 Å². The second-order valence-corrected chi connectivity index (χ2v) is 3.91. The zero-order valence-corrected chi connectivity index (χ0v) is 9.27. The van der Waals surface area contributed by atoms with Gasteiger partial charge in [0, 0.05) is 6.04 Å². The summed E-state index contributed by atoms with van der Waals surface area (Å²) in [6.45, 7) is 1.72. The number of nitrogens with one attached hydrogen (secondary N) is 1. The average molecular weight is 224 g/mol. The van der Waals surface area contributed by atoms with E-state index in [1.54, 1.807) is 0 Å². The summed E-state index contributed by atoms with van der Waals surface area (Å²) in [4.78, 5) is 23.3. The molecule has 2 atom stereocenters. The number of hydrogen-bond donors (Lipinski definition) is 2. The van der Waals surface area contributed by atoms with Crippen molar-refractivity contribution in [1.82, 2.24) is 10.2 Å². The van der Waals surface area contributed by atoms with Crippen molar-refractivity contribution in [3.8, 4) is 12.3 Å². The highest BCUT2D eigenvalue weighted by Gasteiger charge is 2.37. The van der Waals surface area contributed by atoms with Crippen LogP contribution in [0.5, 0.6) is 0 Å². The van der Waals surface area contributed by atoms with Crippen LogP contribution in [0, 0.1) is 18.3 Å². The third kappa shape index (κ3) is 3.46. The topological polar surface area (TPSA) is 69.6 Å². The van der Waals surface area contributed by atoms with Gasteiger partial charge in [0.1, 0.15) is 6.54 Å². The first-order chi connectivity index (χ1) is 7.58. The minimum Gasteiger partial charge on any atom is -0.480 e. The molecule has 1 saturated carbocycles. The van der Waals surface area contributed by atoms with Crippen molar-refractivity contribution >= 4 is 12.0 Å². The van der Waals surface area contributed by atoms with E-state index in [-0.39, 0.29) is 25.2 Å². The van der Waals surface area contributed by atoms with Crippen molar-refractivity contribution in [2.24, 2.45) is 5.92 Å². The Labute approximate surface area is 94.8 Å². The number of nitrogens with zero attached hydrogens (tertiary/aromatic N) is 1. The molecule has 1 rings (SSSR count). The van der Waals surface area contributed by atoms with E-state index >= 15 is 0 Å². The first-order valence-electron chi connectivity index (χ1n) is 5.29. The second kappa shape index (κ2) is 5.40. The summed E-state index contributed by atoms with van der Waals surface area (Å²) in [5.41, 5.74) is 0. The van der Waals surface area contributed by atoms with E-state index in [0.717, 1.165) is 17.7 Å². The van der Waals surface area contributed by atoms with Crippen LogP contribution in [-0.4, -0.2) is 41.1 Å². The molecule has 2 unspecified atom stereocenters. The zero-order chi connectivity index (χ0) is 12.1. The maximum Gasteiger partial charge on any atom is 0.323 e. The number of rotatable bonds is 5. The molecule has 0 radical (unpaired) electrons. The van der Waals surface area contributed by atoms with E-state index in [0.29, 0.717) is 5.92 Å². The number of carboxylic acids is 1. The predicted molar refractivity (Wildman–Crippen MR) is 58.8 cm³/mol. The fourth-order valence-electron chi connectivity index (χ4n) is 1.60. The average Bonchev–Trinajstić information content (AvgIpc) is 2.95. The monoisotopic (exact) mass is 224 g/mol. The van der Waals surface area contributed by atoms with Gasteiger partial charge >= 0.3 is 12.0 Å². The molecule has 0 bridgehead atoms. The van der Waals surface area contributed by atoms with Crippen molar-refractivity contribution < 1.29 is 14.7 Å². The lowest BCUT2D eigenvalue weighted by Gasteiger charge is -2.18. The van der Waals surface area contributed by atoms with Crippen molar-refractivity contribution in [1.29, 1.82) is 0 Å². The number of hydrogen-bond acceptors (Lipinski definition) is 2. The second-order valence-electron chi connectivity index (χ2n) is 3.91. The van der Waals surface area contributed by atoms with Crippen molar-refractivity contribution in [2.75, 3.05) is 13.1 Å². The fraction of sp³-hybridized carbons (Fsp3) is 0.636. The maximum absolute atomic E-state index is 11.6. The largest absolute Gasteiger partial charge is 0.480 e. The van der Waals surface area contributed by atoms with Gasteiger partial charge < -0.3 is 15.3 Å². The molecule has 0 aliphatic heterocycles. The molecule has 0 saturated heterocycles. The number of urea groups is 1. The molecule has 0 spiro atoms. The SMILES string of the molecule is C#CCN(CC(=O)O)C(=O)NC1CC1CC. The molecule has 2 amide bonds. The Hall–Kier alpha value is -1.70. The third-order valence-electron chi connectivity index (χ3n) is 2.65. The zero-order valence-electron chi connectivity index (χ0n) is 9.27. The molecule has 0 aromatic heterocycles. The van der Waals surface area contributed by atoms with Gasteiger partial charge in [-0.3, -0.25) is 4.79 Å². The number of aliphatic carboxylic acids is 1. The molecule has 1 aliphatic rings. The number of carboxylic acid groups (broad SMARTS) is 1. The number of terminal acetylenes is 1. The summed E-state index contributed by atoms with van der Waals surface area (Å²) in [5, 5.41) is 11.4. The fourth-order valence-corrected chi connectivity index (χ4v) is 1.60. The van der Waals surface area contributed by atoms with E-state index in [9.17, 15) is 9.59 Å². The van der Waals surface area contributed by atoms with E-state index in [1.807, 2.05) is 0 Å². The number of amides is 2. The van der Waals surface area contributed by atoms with E-state index in [2.05, 4.69) is 18.2 Å². The number of carbonyl (C=O) groups is 2. The molecule has 5 heteroatoms. The van der Waals surface area contributed by atoms with Gasteiger partial charge in [0.05, 0.1) is 6.54 Å². The minimum absolute atomic E-state index is 0.0155. The van der Waals surface area contributed by atoms with Crippen LogP contribution in [0.15, 0.2) is 0 Å². The normalized spacial score (nSPS) is 22.0. The Morgan fingerprint density at radius 2 is 2.31 bits per heavy atom. The van der Waals surface area contributed by atoms with Gasteiger partial charge in [-0.1, -0.05) is 19.3 Å². The Kier molecular flexibility index (Phi) is 4.18. The lowest BCUT2D eigenvalue weighted by Crippen LogP contribution is -2.44. The molecular weight excluding hydrogens is 208 g/mol. The van der Waals surface area contributed by atoms with E-state index in [1.165, 1.54) is 0 Å². The quantitative estimate of drug-likeness (QED) is 0.669. The Morgan fingerprint density at radius 3 is 2.75 bits per heavy atom. The van der Waals surface area contributed by atoms with Crippen LogP contribution >= 0.6 is 0 Å². The highest BCUT2D eigenvalue weighted by Crippen LogP contribution is 2.33. The minimum atomic E-state index is -1.06. The molecule has 2 N–H and O–H groups in total. The van der Waals surface area contributed by atoms with Gasteiger partial charge in [-0.05, 0) is 12.3 Å². The van der Waals surface area contributed by atoms with Crippen molar-refractivity contribution in [3.05, 3.63) is 0 Å². The smallest absolute Gasteiger partial charge is 0.323 e. The summed E-state index contributed by atoms with van der Waals surface area (Å²) in [6, 6.07) is -0.201. The summed E-state index contributed by atoms with van der Waals surface area (Å²) in [5.74, 6) is 1.74. The summed E-state index contributed by atoms with van der Waals surface area (Å²) in [6.07, 6.45) is 7.08. The molecular formula is C11H16N2O3. The lowest BCUT2D eigenvalue weighted by atomic mass is 10.3. The molecule has 5 nitrogen and oxygen atoms in total. The van der Waals surface area contributed by atoms with Gasteiger partial charge in [0.15, 0.2) is 0 Å². The van der Waals surface area contributed by atoms with Gasteiger partial charge in [-0.15, -0.1) is 6.42 Å². The number of carbonyl (C=O) groups excluding carboxylic acids is 1. The highest BCUT2D eigenvalue weighted by atomic mass is 16.4. The summed E-state index contributed by atoms with van der Waals surface area (Å²) < 4.78 is 0. The Morgan fingerprint density at radius 1 is 1.62 bits per heavy atom. The molecule has 88 valence electrons. The third-order valence-corrected chi connectivity index (χ3v) is 2.65. The molecule has 0 aromatic rings. The standard InChI is InChI=1S/C11H16N2O3/c1-3-5-13(7-10(14)15)11(16)12-9-6-8(9)4-2/h1,8-9H,4-7H2,2H3,(H,12,16)(H,14,15). The van der Waals surface area contributed by atoms with Crippen molar-refractivity contribution in [2.45, 2.75) is 25.8 Å². The highest BCUT2D eigenvalue weighted by molar-refractivity contribution is 5.80. The molecule has 1 aliphatic carbocycles. The summed E-state index contributed by atoms with van der Waals surface area (Å²) in [7, 11) is 0. The first-order valence-corrected chi connectivity index (χ1v) is 5.29. The molecule has 0 heterocycles. The van der Waals surface area contributed by atoms with Crippen LogP contribution in [-0.2, 0) is 4.79 Å². The van der Waals surface area contributed by atoms with Crippen LogP contribution in [0.4, 0.5) is 4.79 Å². The molecule has 16 heavy (non-hydrogen) atoms. The lowest BCUT2D eigenvalue weighted by molar-refractivity contribution is -0.137. The van der Waals surface area contributed by atoms with Gasteiger partial charge in [0.25, 0.3) is 0 Å². The van der Waals surface area contributed by atoms with Crippen LogP contribution in [0.25, 0.3) is 0 Å². The van der Waals surface area contributed by atoms with Crippen LogP contribution < -0.4 is 5.32 Å². The van der Waals surface area contributed by atoms with Crippen molar-refractivity contribution in [3.63, 3.8) is 0 Å². The van der Waals surface area contributed by atoms with E-state index < -0.39 is 5.97 Å². The van der Waals surface area contributed by atoms with Crippen LogP contribution in [0.3, 0.4) is 0 Å². The first kappa shape index (κ1) is 12.4. The predicted octanol–water partition coefficient (Wildman–Crippen LogP) is 0.514. The summed E-state index contributed by atoms with van der Waals surface area (Å²) >= 11 is 0.